The van der Waals surface area contributed by atoms with E-state index in [0.29, 0.717) is 13.2 Å². The lowest BCUT2D eigenvalue weighted by atomic mass is 10.0. The van der Waals surface area contributed by atoms with E-state index in [1.807, 2.05) is 38.1 Å². The summed E-state index contributed by atoms with van der Waals surface area (Å²) in [6.07, 6.45) is 0.567. The van der Waals surface area contributed by atoms with Gasteiger partial charge in [-0.3, -0.25) is 0 Å². The molecule has 2 aromatic carbocycles. The highest BCUT2D eigenvalue weighted by Crippen LogP contribution is 2.25. The molecule has 0 heterocycles. The lowest BCUT2D eigenvalue weighted by Crippen LogP contribution is -2.24. The molecule has 3 nitrogen and oxygen atoms in total. The van der Waals surface area contributed by atoms with Gasteiger partial charge >= 0.3 is 0 Å². The van der Waals surface area contributed by atoms with Crippen molar-refractivity contribution in [2.24, 2.45) is 0 Å². The van der Waals surface area contributed by atoms with Crippen molar-refractivity contribution < 1.29 is 9.47 Å². The summed E-state index contributed by atoms with van der Waals surface area (Å²) >= 11 is 0. The maximum absolute atomic E-state index is 5.71. The zero-order valence-electron chi connectivity index (χ0n) is 13.4. The monoisotopic (exact) mass is 299 g/mol. The van der Waals surface area contributed by atoms with Gasteiger partial charge in [0.1, 0.15) is 0 Å². The van der Waals surface area contributed by atoms with Crippen LogP contribution in [0.5, 0.6) is 0 Å². The van der Waals surface area contributed by atoms with Crippen LogP contribution in [0.1, 0.15) is 31.9 Å². The molecule has 2 rings (SSSR count). The first kappa shape index (κ1) is 16.5. The van der Waals surface area contributed by atoms with E-state index in [4.69, 9.17) is 9.47 Å². The van der Waals surface area contributed by atoms with Crippen molar-refractivity contribution in [2.45, 2.75) is 32.6 Å². The standard InChI is InChI=1S/C19H25NO2/c1-3-21-19(22-4-2)15-18(16-11-7-5-8-12-16)20-17-13-9-6-10-14-17/h5-14,18-20H,3-4,15H2,1-2H3. The van der Waals surface area contributed by atoms with Crippen molar-refractivity contribution in [3.63, 3.8) is 0 Å². The number of hydrogen-bond donors (Lipinski definition) is 1. The summed E-state index contributed by atoms with van der Waals surface area (Å²) in [5, 5.41) is 3.58. The number of anilines is 1. The van der Waals surface area contributed by atoms with Crippen LogP contribution in [0, 0.1) is 0 Å². The Morgan fingerprint density at radius 3 is 1.91 bits per heavy atom. The Labute approximate surface area is 133 Å². The molecular weight excluding hydrogens is 274 g/mol. The Morgan fingerprint density at radius 1 is 0.818 bits per heavy atom. The predicted octanol–water partition coefficient (Wildman–Crippen LogP) is 4.63. The van der Waals surface area contributed by atoms with Gasteiger partial charge in [0.15, 0.2) is 6.29 Å². The van der Waals surface area contributed by atoms with Crippen LogP contribution in [-0.4, -0.2) is 19.5 Å². The molecule has 0 fully saturated rings. The molecule has 1 unspecified atom stereocenters. The van der Waals surface area contributed by atoms with E-state index >= 15 is 0 Å². The van der Waals surface area contributed by atoms with Gasteiger partial charge < -0.3 is 14.8 Å². The minimum atomic E-state index is -0.198. The summed E-state index contributed by atoms with van der Waals surface area (Å²) < 4.78 is 11.4. The highest BCUT2D eigenvalue weighted by atomic mass is 16.7. The molecular formula is C19H25NO2. The van der Waals surface area contributed by atoms with Crippen LogP contribution in [0.4, 0.5) is 5.69 Å². The molecule has 0 spiro atoms. The molecule has 22 heavy (non-hydrogen) atoms. The van der Waals surface area contributed by atoms with Gasteiger partial charge in [-0.25, -0.2) is 0 Å². The van der Waals surface area contributed by atoms with Gasteiger partial charge in [0.25, 0.3) is 0 Å². The second-order valence-electron chi connectivity index (χ2n) is 5.05. The number of ether oxygens (including phenoxy) is 2. The maximum atomic E-state index is 5.71. The average molecular weight is 299 g/mol. The second kappa shape index (κ2) is 9.23. The quantitative estimate of drug-likeness (QED) is 0.685. The first-order valence-electron chi connectivity index (χ1n) is 7.93. The van der Waals surface area contributed by atoms with Gasteiger partial charge in [0.2, 0.25) is 0 Å². The molecule has 1 atom stereocenters. The Kier molecular flexibility index (Phi) is 6.94. The summed E-state index contributed by atoms with van der Waals surface area (Å²) in [4.78, 5) is 0. The molecule has 118 valence electrons. The first-order chi connectivity index (χ1) is 10.8. The van der Waals surface area contributed by atoms with Crippen LogP contribution < -0.4 is 5.32 Å². The fourth-order valence-corrected chi connectivity index (χ4v) is 2.45. The van der Waals surface area contributed by atoms with Crippen molar-refractivity contribution in [1.82, 2.24) is 0 Å². The molecule has 0 radical (unpaired) electrons. The number of nitrogens with one attached hydrogen (secondary N) is 1. The van der Waals surface area contributed by atoms with Crippen LogP contribution in [0.3, 0.4) is 0 Å². The van der Waals surface area contributed by atoms with Crippen LogP contribution in [0.25, 0.3) is 0 Å². The average Bonchev–Trinajstić information content (AvgIpc) is 2.56. The van der Waals surface area contributed by atoms with E-state index in [1.165, 1.54) is 5.56 Å². The molecule has 0 amide bonds. The SMILES string of the molecule is CCOC(CC(Nc1ccccc1)c1ccccc1)OCC. The van der Waals surface area contributed by atoms with Crippen molar-refractivity contribution in [3.8, 4) is 0 Å². The first-order valence-corrected chi connectivity index (χ1v) is 7.93. The number of hydrogen-bond acceptors (Lipinski definition) is 3. The second-order valence-corrected chi connectivity index (χ2v) is 5.05. The lowest BCUT2D eigenvalue weighted by molar-refractivity contribution is -0.141. The normalized spacial score (nSPS) is 12.3. The molecule has 0 aromatic heterocycles. The van der Waals surface area contributed by atoms with Gasteiger partial charge in [0, 0.05) is 25.3 Å². The van der Waals surface area contributed by atoms with Crippen molar-refractivity contribution in [1.29, 1.82) is 0 Å². The zero-order chi connectivity index (χ0) is 15.6. The molecule has 0 aliphatic carbocycles. The maximum Gasteiger partial charge on any atom is 0.159 e. The summed E-state index contributed by atoms with van der Waals surface area (Å²) in [6, 6.07) is 20.8. The minimum Gasteiger partial charge on any atom is -0.378 e. The third-order valence-corrected chi connectivity index (χ3v) is 3.45. The Hall–Kier alpha value is -1.84. The van der Waals surface area contributed by atoms with Crippen molar-refractivity contribution in [2.75, 3.05) is 18.5 Å². The Morgan fingerprint density at radius 2 is 1.36 bits per heavy atom. The van der Waals surface area contributed by atoms with Gasteiger partial charge in [-0.15, -0.1) is 0 Å². The van der Waals surface area contributed by atoms with Crippen molar-refractivity contribution in [3.05, 3.63) is 66.2 Å². The van der Waals surface area contributed by atoms with Crippen LogP contribution in [0.2, 0.25) is 0 Å². The lowest BCUT2D eigenvalue weighted by Gasteiger charge is -2.25. The molecule has 2 aromatic rings. The summed E-state index contributed by atoms with van der Waals surface area (Å²) in [6.45, 7) is 5.29. The minimum absolute atomic E-state index is 0.145. The third-order valence-electron chi connectivity index (χ3n) is 3.45. The summed E-state index contributed by atoms with van der Waals surface area (Å²) in [5.41, 5.74) is 2.33. The van der Waals surface area contributed by atoms with E-state index in [-0.39, 0.29) is 12.3 Å². The molecule has 0 aliphatic heterocycles. The number of para-hydroxylation sites is 1. The van der Waals surface area contributed by atoms with E-state index < -0.39 is 0 Å². The third kappa shape index (κ3) is 5.17. The van der Waals surface area contributed by atoms with Crippen LogP contribution in [-0.2, 0) is 9.47 Å². The van der Waals surface area contributed by atoms with Gasteiger partial charge in [-0.2, -0.15) is 0 Å². The topological polar surface area (TPSA) is 30.5 Å². The van der Waals surface area contributed by atoms with E-state index in [0.717, 1.165) is 12.1 Å². The molecule has 3 heteroatoms. The zero-order valence-corrected chi connectivity index (χ0v) is 13.4. The smallest absolute Gasteiger partial charge is 0.159 e. The van der Waals surface area contributed by atoms with Gasteiger partial charge in [0.05, 0.1) is 6.04 Å². The van der Waals surface area contributed by atoms with E-state index in [2.05, 4.69) is 41.7 Å². The molecule has 0 bridgehead atoms. The molecule has 0 aliphatic rings. The fraction of sp³-hybridized carbons (Fsp3) is 0.368. The summed E-state index contributed by atoms with van der Waals surface area (Å²) in [5.74, 6) is 0. The highest BCUT2D eigenvalue weighted by Gasteiger charge is 2.18. The Bertz CT molecular complexity index is 509. The predicted molar refractivity (Wildman–Crippen MR) is 90.9 cm³/mol. The fourth-order valence-electron chi connectivity index (χ4n) is 2.45. The van der Waals surface area contributed by atoms with Gasteiger partial charge in [-0.05, 0) is 31.5 Å². The largest absolute Gasteiger partial charge is 0.378 e. The number of benzene rings is 2. The highest BCUT2D eigenvalue weighted by molar-refractivity contribution is 5.45. The summed E-state index contributed by atoms with van der Waals surface area (Å²) in [7, 11) is 0. The molecule has 1 N–H and O–H groups in total. The molecule has 0 saturated heterocycles. The molecule has 0 saturated carbocycles. The Balaban J connectivity index is 2.14. The van der Waals surface area contributed by atoms with E-state index in [1.54, 1.807) is 0 Å². The van der Waals surface area contributed by atoms with Gasteiger partial charge in [-0.1, -0.05) is 48.5 Å². The van der Waals surface area contributed by atoms with Crippen molar-refractivity contribution >= 4 is 5.69 Å². The number of rotatable bonds is 9. The van der Waals surface area contributed by atoms with Crippen LogP contribution >= 0.6 is 0 Å². The van der Waals surface area contributed by atoms with E-state index in [9.17, 15) is 0 Å². The van der Waals surface area contributed by atoms with Crippen LogP contribution in [0.15, 0.2) is 60.7 Å².